The van der Waals surface area contributed by atoms with Gasteiger partial charge in [0.15, 0.2) is 0 Å². The Balaban J connectivity index is 1.84. The molecule has 3 aromatic carbocycles. The van der Waals surface area contributed by atoms with E-state index in [0.29, 0.717) is 11.4 Å². The predicted octanol–water partition coefficient (Wildman–Crippen LogP) is 4.77. The minimum absolute atomic E-state index is 0.00786. The van der Waals surface area contributed by atoms with Crippen molar-refractivity contribution < 1.29 is 13.2 Å². The summed E-state index contributed by atoms with van der Waals surface area (Å²) in [6, 6.07) is 19.9. The molecule has 2 N–H and O–H groups in total. The van der Waals surface area contributed by atoms with Crippen molar-refractivity contribution in [2.75, 3.05) is 10.0 Å². The zero-order valence-corrected chi connectivity index (χ0v) is 17.6. The summed E-state index contributed by atoms with van der Waals surface area (Å²) in [6.45, 7) is 1.78. The van der Waals surface area contributed by atoms with E-state index in [2.05, 4.69) is 16.1 Å². The van der Waals surface area contributed by atoms with Crippen molar-refractivity contribution in [3.63, 3.8) is 0 Å². The number of nitriles is 1. The molecule has 0 unspecified atom stereocenters. The first-order chi connectivity index (χ1) is 14.3. The van der Waals surface area contributed by atoms with Gasteiger partial charge in [-0.15, -0.1) is 0 Å². The van der Waals surface area contributed by atoms with Crippen molar-refractivity contribution in [3.8, 4) is 6.07 Å². The van der Waals surface area contributed by atoms with Gasteiger partial charge in [-0.25, -0.2) is 8.42 Å². The SMILES string of the molecule is Cc1ccccc1NS(=O)(=O)c1cc(C(=O)Nc2ccc(CC#N)cc2)ccc1Cl. The highest BCUT2D eigenvalue weighted by Crippen LogP contribution is 2.26. The van der Waals surface area contributed by atoms with E-state index in [9.17, 15) is 13.2 Å². The van der Waals surface area contributed by atoms with Gasteiger partial charge >= 0.3 is 0 Å². The van der Waals surface area contributed by atoms with Crippen molar-refractivity contribution >= 4 is 38.9 Å². The first-order valence-corrected chi connectivity index (χ1v) is 10.8. The molecule has 0 aliphatic carbocycles. The second-order valence-corrected chi connectivity index (χ2v) is 8.61. The number of aryl methyl sites for hydroxylation is 1. The third-order valence-corrected chi connectivity index (χ3v) is 6.21. The van der Waals surface area contributed by atoms with Gasteiger partial charge in [-0.3, -0.25) is 9.52 Å². The molecule has 3 aromatic rings. The number of rotatable bonds is 6. The summed E-state index contributed by atoms with van der Waals surface area (Å²) < 4.78 is 28.2. The fraction of sp³-hybridized carbons (Fsp3) is 0.0909. The fourth-order valence-corrected chi connectivity index (χ4v) is 4.40. The van der Waals surface area contributed by atoms with Crippen molar-refractivity contribution in [2.24, 2.45) is 0 Å². The van der Waals surface area contributed by atoms with Crippen LogP contribution >= 0.6 is 11.6 Å². The number of nitrogens with one attached hydrogen (secondary N) is 2. The summed E-state index contributed by atoms with van der Waals surface area (Å²) in [5.41, 5.74) is 2.69. The molecule has 0 radical (unpaired) electrons. The van der Waals surface area contributed by atoms with E-state index >= 15 is 0 Å². The lowest BCUT2D eigenvalue weighted by Crippen LogP contribution is -2.17. The largest absolute Gasteiger partial charge is 0.322 e. The molecule has 0 spiro atoms. The zero-order valence-electron chi connectivity index (χ0n) is 16.0. The average molecular weight is 440 g/mol. The van der Waals surface area contributed by atoms with Gasteiger partial charge in [-0.2, -0.15) is 5.26 Å². The van der Waals surface area contributed by atoms with Gasteiger partial charge in [0, 0.05) is 11.3 Å². The number of sulfonamides is 1. The number of benzene rings is 3. The van der Waals surface area contributed by atoms with E-state index in [1.54, 1.807) is 55.5 Å². The Morgan fingerprint density at radius 2 is 1.77 bits per heavy atom. The monoisotopic (exact) mass is 439 g/mol. The smallest absolute Gasteiger partial charge is 0.263 e. The second kappa shape index (κ2) is 8.99. The van der Waals surface area contributed by atoms with Crippen LogP contribution in [0.15, 0.2) is 71.6 Å². The topological polar surface area (TPSA) is 99.1 Å². The number of halogens is 1. The molecule has 0 saturated carbocycles. The Morgan fingerprint density at radius 3 is 2.43 bits per heavy atom. The number of hydrogen-bond acceptors (Lipinski definition) is 4. The maximum Gasteiger partial charge on any atom is 0.263 e. The van der Waals surface area contributed by atoms with Crippen molar-refractivity contribution in [1.82, 2.24) is 0 Å². The number of hydrogen-bond donors (Lipinski definition) is 2. The minimum Gasteiger partial charge on any atom is -0.322 e. The molecule has 3 rings (SSSR count). The Bertz CT molecular complexity index is 1230. The summed E-state index contributed by atoms with van der Waals surface area (Å²) in [7, 11) is -4.00. The second-order valence-electron chi connectivity index (χ2n) is 6.55. The molecule has 0 aliphatic heterocycles. The Morgan fingerprint density at radius 1 is 1.07 bits per heavy atom. The third-order valence-electron chi connectivity index (χ3n) is 4.37. The fourth-order valence-electron chi connectivity index (χ4n) is 2.74. The van der Waals surface area contributed by atoms with E-state index in [0.717, 1.165) is 11.1 Å². The van der Waals surface area contributed by atoms with Crippen LogP contribution in [0, 0.1) is 18.3 Å². The highest BCUT2D eigenvalue weighted by atomic mass is 35.5. The van der Waals surface area contributed by atoms with Gasteiger partial charge in [0.25, 0.3) is 15.9 Å². The normalized spacial score (nSPS) is 10.8. The molecule has 152 valence electrons. The van der Waals surface area contributed by atoms with E-state index in [1.165, 1.54) is 18.2 Å². The van der Waals surface area contributed by atoms with Crippen LogP contribution in [0.1, 0.15) is 21.5 Å². The first kappa shape index (κ1) is 21.4. The molecule has 30 heavy (non-hydrogen) atoms. The van der Waals surface area contributed by atoms with Crippen LogP contribution in [0.3, 0.4) is 0 Å². The Hall–Kier alpha value is -3.34. The summed E-state index contributed by atoms with van der Waals surface area (Å²) >= 11 is 6.12. The molecule has 1 amide bonds. The molecule has 8 heteroatoms. The summed E-state index contributed by atoms with van der Waals surface area (Å²) in [4.78, 5) is 12.4. The quantitative estimate of drug-likeness (QED) is 0.577. The van der Waals surface area contributed by atoms with Gasteiger partial charge < -0.3 is 5.32 Å². The van der Waals surface area contributed by atoms with Crippen molar-refractivity contribution in [2.45, 2.75) is 18.2 Å². The van der Waals surface area contributed by atoms with Gasteiger partial charge in [0.1, 0.15) is 4.90 Å². The standard InChI is InChI=1S/C22H18ClN3O3S/c1-15-4-2-3-5-20(15)26-30(28,29)21-14-17(8-11-19(21)23)22(27)25-18-9-6-16(7-10-18)12-13-24/h2-11,14,26H,12H2,1H3,(H,25,27). The van der Waals surface area contributed by atoms with Gasteiger partial charge in [-0.1, -0.05) is 41.9 Å². The zero-order chi connectivity index (χ0) is 21.7. The average Bonchev–Trinajstić information content (AvgIpc) is 2.71. The maximum absolute atomic E-state index is 12.9. The molecule has 0 aromatic heterocycles. The van der Waals surface area contributed by atoms with Crippen LogP contribution in [0.4, 0.5) is 11.4 Å². The number of anilines is 2. The molecule has 6 nitrogen and oxygen atoms in total. The van der Waals surface area contributed by atoms with E-state index in [-0.39, 0.29) is 21.9 Å². The third kappa shape index (κ3) is 4.98. The summed E-state index contributed by atoms with van der Waals surface area (Å²) in [5, 5.41) is 11.4. The number of para-hydroxylation sites is 1. The summed E-state index contributed by atoms with van der Waals surface area (Å²) in [6.07, 6.45) is 0.278. The van der Waals surface area contributed by atoms with Gasteiger partial charge in [-0.05, 0) is 54.4 Å². The van der Waals surface area contributed by atoms with E-state index in [4.69, 9.17) is 16.9 Å². The van der Waals surface area contributed by atoms with Crippen LogP contribution in [-0.2, 0) is 16.4 Å². The minimum atomic E-state index is -4.00. The van der Waals surface area contributed by atoms with Crippen LogP contribution in [-0.4, -0.2) is 14.3 Å². The number of carbonyl (C=O) groups excluding carboxylic acids is 1. The van der Waals surface area contributed by atoms with Crippen LogP contribution in [0.2, 0.25) is 5.02 Å². The molecule has 0 fully saturated rings. The molecular formula is C22H18ClN3O3S. The highest BCUT2D eigenvalue weighted by Gasteiger charge is 2.21. The first-order valence-electron chi connectivity index (χ1n) is 8.95. The lowest BCUT2D eigenvalue weighted by atomic mass is 10.1. The maximum atomic E-state index is 12.9. The molecular weight excluding hydrogens is 422 g/mol. The molecule has 0 saturated heterocycles. The van der Waals surface area contributed by atoms with Crippen LogP contribution in [0.5, 0.6) is 0 Å². The van der Waals surface area contributed by atoms with Crippen molar-refractivity contribution in [1.29, 1.82) is 5.26 Å². The van der Waals surface area contributed by atoms with Gasteiger partial charge in [0.2, 0.25) is 0 Å². The lowest BCUT2D eigenvalue weighted by molar-refractivity contribution is 0.102. The highest BCUT2D eigenvalue weighted by molar-refractivity contribution is 7.92. The van der Waals surface area contributed by atoms with E-state index in [1.807, 2.05) is 0 Å². The predicted molar refractivity (Wildman–Crippen MR) is 117 cm³/mol. The molecule has 0 bridgehead atoms. The molecule has 0 atom stereocenters. The lowest BCUT2D eigenvalue weighted by Gasteiger charge is -2.13. The molecule has 0 heterocycles. The number of amides is 1. The van der Waals surface area contributed by atoms with E-state index < -0.39 is 15.9 Å². The number of nitrogens with zero attached hydrogens (tertiary/aromatic N) is 1. The van der Waals surface area contributed by atoms with Crippen LogP contribution < -0.4 is 10.0 Å². The van der Waals surface area contributed by atoms with Crippen molar-refractivity contribution in [3.05, 3.63) is 88.4 Å². The molecule has 0 aliphatic rings. The Kier molecular flexibility index (Phi) is 6.40. The van der Waals surface area contributed by atoms with Crippen LogP contribution in [0.25, 0.3) is 0 Å². The number of carbonyl (C=O) groups is 1. The summed E-state index contributed by atoms with van der Waals surface area (Å²) in [5.74, 6) is -0.480. The van der Waals surface area contributed by atoms with Gasteiger partial charge in [0.05, 0.1) is 23.2 Å². The Labute approximate surface area is 180 Å².